The fraction of sp³-hybridized carbons (Fsp3) is 0.625. The van der Waals surface area contributed by atoms with Crippen LogP contribution in [0.1, 0.15) is 51.5 Å². The molecule has 0 bridgehead atoms. The van der Waals surface area contributed by atoms with Crippen molar-refractivity contribution in [3.05, 3.63) is 34.6 Å². The molecule has 0 spiro atoms. The van der Waals surface area contributed by atoms with Gasteiger partial charge in [-0.15, -0.1) is 0 Å². The van der Waals surface area contributed by atoms with Gasteiger partial charge in [0.05, 0.1) is 5.02 Å². The third kappa shape index (κ3) is 6.93. The van der Waals surface area contributed by atoms with Crippen LogP contribution in [0.2, 0.25) is 5.02 Å². The summed E-state index contributed by atoms with van der Waals surface area (Å²) in [6, 6.07) is 5.14. The molecule has 0 aliphatic carbocycles. The summed E-state index contributed by atoms with van der Waals surface area (Å²) in [5.74, 6) is 0.512. The molecule has 0 heterocycles. The van der Waals surface area contributed by atoms with Crippen LogP contribution in [-0.4, -0.2) is 6.54 Å². The predicted molar refractivity (Wildman–Crippen MR) is 81.0 cm³/mol. The Morgan fingerprint density at radius 1 is 1.16 bits per heavy atom. The lowest BCUT2D eigenvalue weighted by molar-refractivity contribution is 0.510. The van der Waals surface area contributed by atoms with E-state index in [1.165, 1.54) is 25.7 Å². The Hall–Kier alpha value is -0.600. The highest BCUT2D eigenvalue weighted by Gasteiger charge is 2.04. The minimum atomic E-state index is -0.298. The van der Waals surface area contributed by atoms with Crippen LogP contribution in [0, 0.1) is 11.7 Å². The molecule has 0 amide bonds. The number of halogens is 2. The van der Waals surface area contributed by atoms with Crippen molar-refractivity contribution in [3.8, 4) is 0 Å². The smallest absolute Gasteiger partial charge is 0.146 e. The number of nitrogens with one attached hydrogen (secondary N) is 1. The van der Waals surface area contributed by atoms with Crippen LogP contribution in [0.15, 0.2) is 18.2 Å². The van der Waals surface area contributed by atoms with Gasteiger partial charge in [0.2, 0.25) is 0 Å². The first-order valence-corrected chi connectivity index (χ1v) is 7.62. The largest absolute Gasteiger partial charge is 0.313 e. The first-order chi connectivity index (χ1) is 9.11. The standard InChI is InChI=1S/C16H25ClFN/c1-13(2)8-5-3-4-6-11-19-12-14-9-7-10-15(17)16(14)18/h7,9-10,13,19H,3-6,8,11-12H2,1-2H3. The summed E-state index contributed by atoms with van der Waals surface area (Å²) in [6.45, 7) is 6.02. The summed E-state index contributed by atoms with van der Waals surface area (Å²) in [5.41, 5.74) is 0.646. The van der Waals surface area contributed by atoms with Gasteiger partial charge in [-0.1, -0.05) is 63.3 Å². The van der Waals surface area contributed by atoms with Crippen molar-refractivity contribution < 1.29 is 4.39 Å². The first kappa shape index (κ1) is 16.5. The van der Waals surface area contributed by atoms with Crippen molar-refractivity contribution in [2.75, 3.05) is 6.54 Å². The predicted octanol–water partition coefficient (Wildman–Crippen LogP) is 5.18. The zero-order valence-electron chi connectivity index (χ0n) is 12.0. The van der Waals surface area contributed by atoms with Crippen LogP contribution in [0.5, 0.6) is 0 Å². The molecule has 0 radical (unpaired) electrons. The summed E-state index contributed by atoms with van der Waals surface area (Å²) in [5, 5.41) is 3.47. The molecule has 0 aliphatic rings. The summed E-state index contributed by atoms with van der Waals surface area (Å²) in [4.78, 5) is 0. The third-order valence-corrected chi connectivity index (χ3v) is 3.52. The molecule has 0 aliphatic heterocycles. The van der Waals surface area contributed by atoms with Crippen LogP contribution < -0.4 is 5.32 Å². The van der Waals surface area contributed by atoms with E-state index >= 15 is 0 Å². The molecule has 0 saturated heterocycles. The monoisotopic (exact) mass is 285 g/mol. The summed E-state index contributed by atoms with van der Waals surface area (Å²) >= 11 is 5.73. The Morgan fingerprint density at radius 3 is 2.63 bits per heavy atom. The second-order valence-electron chi connectivity index (χ2n) is 5.49. The first-order valence-electron chi connectivity index (χ1n) is 7.25. The quantitative estimate of drug-likeness (QED) is 0.617. The number of benzene rings is 1. The third-order valence-electron chi connectivity index (χ3n) is 3.23. The molecular formula is C16H25ClFN. The van der Waals surface area contributed by atoms with Crippen molar-refractivity contribution in [1.82, 2.24) is 5.32 Å². The molecule has 1 aromatic rings. The number of hydrogen-bond donors (Lipinski definition) is 1. The van der Waals surface area contributed by atoms with E-state index < -0.39 is 0 Å². The molecule has 0 aromatic heterocycles. The van der Waals surface area contributed by atoms with Gasteiger partial charge in [0.1, 0.15) is 5.82 Å². The molecule has 0 atom stereocenters. The molecule has 3 heteroatoms. The topological polar surface area (TPSA) is 12.0 Å². The Kier molecular flexibility index (Phi) is 8.08. The van der Waals surface area contributed by atoms with Crippen LogP contribution in [0.25, 0.3) is 0 Å². The van der Waals surface area contributed by atoms with Crippen LogP contribution in [0.3, 0.4) is 0 Å². The average molecular weight is 286 g/mol. The highest BCUT2D eigenvalue weighted by atomic mass is 35.5. The van der Waals surface area contributed by atoms with E-state index in [2.05, 4.69) is 19.2 Å². The maximum absolute atomic E-state index is 13.6. The van der Waals surface area contributed by atoms with E-state index in [-0.39, 0.29) is 10.8 Å². The molecule has 0 unspecified atom stereocenters. The molecule has 1 N–H and O–H groups in total. The highest BCUT2D eigenvalue weighted by molar-refractivity contribution is 6.30. The molecule has 1 aromatic carbocycles. The van der Waals surface area contributed by atoms with Gasteiger partial charge in [0.25, 0.3) is 0 Å². The van der Waals surface area contributed by atoms with Crippen molar-refractivity contribution in [3.63, 3.8) is 0 Å². The highest BCUT2D eigenvalue weighted by Crippen LogP contribution is 2.17. The maximum Gasteiger partial charge on any atom is 0.146 e. The fourth-order valence-electron chi connectivity index (χ4n) is 2.06. The molecule has 0 fully saturated rings. The molecular weight excluding hydrogens is 261 g/mol. The number of unbranched alkanes of at least 4 members (excludes halogenated alkanes) is 3. The van der Waals surface area contributed by atoms with Crippen LogP contribution in [0.4, 0.5) is 4.39 Å². The Morgan fingerprint density at radius 2 is 1.89 bits per heavy atom. The van der Waals surface area contributed by atoms with E-state index in [1.807, 2.05) is 0 Å². The lowest BCUT2D eigenvalue weighted by Crippen LogP contribution is -2.15. The van der Waals surface area contributed by atoms with Gasteiger partial charge < -0.3 is 5.32 Å². The van der Waals surface area contributed by atoms with Gasteiger partial charge in [-0.3, -0.25) is 0 Å². The Labute approximate surface area is 121 Å². The van der Waals surface area contributed by atoms with Crippen molar-refractivity contribution in [1.29, 1.82) is 0 Å². The lowest BCUT2D eigenvalue weighted by Gasteiger charge is -2.07. The zero-order chi connectivity index (χ0) is 14.1. The van der Waals surface area contributed by atoms with E-state index in [4.69, 9.17) is 11.6 Å². The van der Waals surface area contributed by atoms with E-state index in [1.54, 1.807) is 18.2 Å². The van der Waals surface area contributed by atoms with Crippen molar-refractivity contribution in [2.24, 2.45) is 5.92 Å². The van der Waals surface area contributed by atoms with Gasteiger partial charge in [-0.2, -0.15) is 0 Å². The van der Waals surface area contributed by atoms with Crippen molar-refractivity contribution in [2.45, 2.75) is 52.5 Å². The van der Waals surface area contributed by atoms with Gasteiger partial charge in [0.15, 0.2) is 0 Å². The van der Waals surface area contributed by atoms with Gasteiger partial charge in [0, 0.05) is 12.1 Å². The second kappa shape index (κ2) is 9.33. The van der Waals surface area contributed by atoms with Crippen LogP contribution >= 0.6 is 11.6 Å². The molecule has 108 valence electrons. The number of rotatable bonds is 9. The molecule has 19 heavy (non-hydrogen) atoms. The summed E-state index contributed by atoms with van der Waals surface area (Å²) < 4.78 is 13.6. The Bertz CT molecular complexity index is 366. The van der Waals surface area contributed by atoms with Gasteiger partial charge in [-0.25, -0.2) is 4.39 Å². The summed E-state index contributed by atoms with van der Waals surface area (Å²) in [6.07, 6.45) is 6.34. The van der Waals surface area contributed by atoms with Gasteiger partial charge >= 0.3 is 0 Å². The minimum Gasteiger partial charge on any atom is -0.313 e. The summed E-state index contributed by atoms with van der Waals surface area (Å²) in [7, 11) is 0. The minimum absolute atomic E-state index is 0.202. The second-order valence-corrected chi connectivity index (χ2v) is 5.89. The van der Waals surface area contributed by atoms with E-state index in [0.29, 0.717) is 12.1 Å². The molecule has 1 rings (SSSR count). The average Bonchev–Trinajstić information content (AvgIpc) is 2.37. The van der Waals surface area contributed by atoms with Crippen molar-refractivity contribution >= 4 is 11.6 Å². The SMILES string of the molecule is CC(C)CCCCCCNCc1cccc(Cl)c1F. The molecule has 1 nitrogen and oxygen atoms in total. The number of hydrogen-bond acceptors (Lipinski definition) is 1. The zero-order valence-corrected chi connectivity index (χ0v) is 12.8. The van der Waals surface area contributed by atoms with E-state index in [9.17, 15) is 4.39 Å². The normalized spacial score (nSPS) is 11.2. The molecule has 0 saturated carbocycles. The van der Waals surface area contributed by atoms with E-state index in [0.717, 1.165) is 18.9 Å². The van der Waals surface area contributed by atoms with Crippen LogP contribution in [-0.2, 0) is 6.54 Å². The fourth-order valence-corrected chi connectivity index (χ4v) is 2.26. The Balaban J connectivity index is 2.06. The van der Waals surface area contributed by atoms with Gasteiger partial charge in [-0.05, 0) is 24.9 Å². The lowest BCUT2D eigenvalue weighted by atomic mass is 10.0. The maximum atomic E-state index is 13.6.